The van der Waals surface area contributed by atoms with Gasteiger partial charge in [-0.25, -0.2) is 4.79 Å². The summed E-state index contributed by atoms with van der Waals surface area (Å²) in [6, 6.07) is 4.96. The monoisotopic (exact) mass is 265 g/mol. The summed E-state index contributed by atoms with van der Waals surface area (Å²) in [5.41, 5.74) is 1.63. The molecule has 2 rings (SSSR count). The normalized spacial score (nSPS) is 18.0. The molecular weight excluding hydrogens is 246 g/mol. The van der Waals surface area contributed by atoms with E-state index in [4.69, 9.17) is 9.84 Å². The molecule has 0 bridgehead atoms. The summed E-state index contributed by atoms with van der Waals surface area (Å²) in [5.74, 6) is -0.933. The molecule has 1 saturated heterocycles. The van der Waals surface area contributed by atoms with Gasteiger partial charge in [-0.3, -0.25) is 0 Å². The van der Waals surface area contributed by atoms with E-state index in [0.717, 1.165) is 24.1 Å². The summed E-state index contributed by atoms with van der Waals surface area (Å²) in [5, 5.41) is 21.9. The van der Waals surface area contributed by atoms with Crippen LogP contribution in [-0.4, -0.2) is 41.5 Å². The Hall–Kier alpha value is -1.59. The van der Waals surface area contributed by atoms with E-state index in [2.05, 4.69) is 5.32 Å². The molecule has 0 unspecified atom stereocenters. The van der Waals surface area contributed by atoms with Crippen LogP contribution in [-0.2, 0) is 4.74 Å². The second-order valence-electron chi connectivity index (χ2n) is 5.01. The third-order valence-electron chi connectivity index (χ3n) is 3.63. The Bertz CT molecular complexity index is 467. The van der Waals surface area contributed by atoms with Gasteiger partial charge in [-0.05, 0) is 43.5 Å². The van der Waals surface area contributed by atoms with Crippen molar-refractivity contribution in [2.24, 2.45) is 0 Å². The summed E-state index contributed by atoms with van der Waals surface area (Å²) in [6.07, 6.45) is 1.48. The third-order valence-corrected chi connectivity index (χ3v) is 3.63. The molecule has 1 aromatic rings. The molecule has 1 aliphatic heterocycles. The Morgan fingerprint density at radius 1 is 1.42 bits per heavy atom. The summed E-state index contributed by atoms with van der Waals surface area (Å²) < 4.78 is 5.32. The van der Waals surface area contributed by atoms with Crippen molar-refractivity contribution in [2.75, 3.05) is 25.1 Å². The van der Waals surface area contributed by atoms with Gasteiger partial charge in [0.05, 0.1) is 17.7 Å². The summed E-state index contributed by atoms with van der Waals surface area (Å²) in [6.45, 7) is 3.15. The molecule has 0 atom stereocenters. The molecular formula is C14H19NO4. The molecule has 0 spiro atoms. The molecule has 5 heteroatoms. The minimum Gasteiger partial charge on any atom is -0.478 e. The van der Waals surface area contributed by atoms with Crippen LogP contribution in [0.5, 0.6) is 0 Å². The van der Waals surface area contributed by atoms with Gasteiger partial charge in [0.2, 0.25) is 0 Å². The minimum atomic E-state index is -0.933. The maximum atomic E-state index is 10.9. The number of hydrogen-bond acceptors (Lipinski definition) is 4. The van der Waals surface area contributed by atoms with Crippen LogP contribution >= 0.6 is 0 Å². The number of rotatable bonds is 4. The molecule has 1 aromatic carbocycles. The zero-order valence-corrected chi connectivity index (χ0v) is 11.0. The highest BCUT2D eigenvalue weighted by atomic mass is 16.5. The summed E-state index contributed by atoms with van der Waals surface area (Å²) in [7, 11) is 0. The average Bonchev–Trinajstić information content (AvgIpc) is 2.42. The molecule has 0 amide bonds. The number of hydrogen-bond donors (Lipinski definition) is 3. The predicted octanol–water partition coefficient (Wildman–Crippen LogP) is 1.65. The van der Waals surface area contributed by atoms with Gasteiger partial charge in [-0.15, -0.1) is 0 Å². The van der Waals surface area contributed by atoms with Crippen molar-refractivity contribution in [3.63, 3.8) is 0 Å². The van der Waals surface area contributed by atoms with Crippen LogP contribution in [0.25, 0.3) is 0 Å². The molecule has 0 radical (unpaired) electrons. The first-order valence-corrected chi connectivity index (χ1v) is 6.37. The van der Waals surface area contributed by atoms with Gasteiger partial charge in [0.1, 0.15) is 0 Å². The van der Waals surface area contributed by atoms with Crippen molar-refractivity contribution in [1.29, 1.82) is 0 Å². The molecule has 104 valence electrons. The van der Waals surface area contributed by atoms with Crippen LogP contribution < -0.4 is 5.32 Å². The Kier molecular flexibility index (Phi) is 4.07. The maximum Gasteiger partial charge on any atom is 0.335 e. The van der Waals surface area contributed by atoms with Crippen LogP contribution in [0, 0.1) is 6.92 Å². The van der Waals surface area contributed by atoms with E-state index in [1.807, 2.05) is 6.92 Å². The number of carboxylic acid groups (broad SMARTS) is 1. The van der Waals surface area contributed by atoms with Crippen molar-refractivity contribution < 1.29 is 19.7 Å². The van der Waals surface area contributed by atoms with E-state index in [9.17, 15) is 9.90 Å². The number of anilines is 1. The van der Waals surface area contributed by atoms with Crippen LogP contribution in [0.4, 0.5) is 5.69 Å². The fourth-order valence-electron chi connectivity index (χ4n) is 2.31. The summed E-state index contributed by atoms with van der Waals surface area (Å²) >= 11 is 0. The Labute approximate surface area is 112 Å². The first-order valence-electron chi connectivity index (χ1n) is 6.37. The highest BCUT2D eigenvalue weighted by Gasteiger charge is 2.32. The Balaban J connectivity index is 2.20. The highest BCUT2D eigenvalue weighted by Crippen LogP contribution is 2.27. The molecule has 1 aliphatic rings. The standard InChI is InChI=1S/C14H19NO4/c1-10-8-11(13(17)18)2-3-12(10)15-14(9-16)4-6-19-7-5-14/h2-3,8,15-16H,4-7,9H2,1H3,(H,17,18). The zero-order chi connectivity index (χ0) is 13.9. The van der Waals surface area contributed by atoms with E-state index in [1.54, 1.807) is 18.2 Å². The number of aliphatic hydroxyl groups is 1. The lowest BCUT2D eigenvalue weighted by Crippen LogP contribution is -2.47. The number of aliphatic hydroxyl groups excluding tert-OH is 1. The topological polar surface area (TPSA) is 78.8 Å². The van der Waals surface area contributed by atoms with Gasteiger partial charge in [-0.1, -0.05) is 0 Å². The third kappa shape index (κ3) is 3.05. The number of nitrogens with one attached hydrogen (secondary N) is 1. The van der Waals surface area contributed by atoms with Gasteiger partial charge >= 0.3 is 5.97 Å². The fourth-order valence-corrected chi connectivity index (χ4v) is 2.31. The number of carbonyl (C=O) groups is 1. The van der Waals surface area contributed by atoms with E-state index in [1.165, 1.54) is 0 Å². The largest absolute Gasteiger partial charge is 0.478 e. The van der Waals surface area contributed by atoms with Crippen LogP contribution in [0.2, 0.25) is 0 Å². The Morgan fingerprint density at radius 2 is 2.11 bits per heavy atom. The second-order valence-corrected chi connectivity index (χ2v) is 5.01. The SMILES string of the molecule is Cc1cc(C(=O)O)ccc1NC1(CO)CCOCC1. The fraction of sp³-hybridized carbons (Fsp3) is 0.500. The van der Waals surface area contributed by atoms with Gasteiger partial charge < -0.3 is 20.3 Å². The molecule has 19 heavy (non-hydrogen) atoms. The predicted molar refractivity (Wildman–Crippen MR) is 71.6 cm³/mol. The van der Waals surface area contributed by atoms with Gasteiger partial charge in [-0.2, -0.15) is 0 Å². The molecule has 5 nitrogen and oxygen atoms in total. The van der Waals surface area contributed by atoms with Crippen molar-refractivity contribution >= 4 is 11.7 Å². The lowest BCUT2D eigenvalue weighted by Gasteiger charge is -2.37. The van der Waals surface area contributed by atoms with Crippen LogP contribution in [0.3, 0.4) is 0 Å². The minimum absolute atomic E-state index is 0.0382. The van der Waals surface area contributed by atoms with E-state index < -0.39 is 5.97 Å². The molecule has 0 saturated carbocycles. The number of aryl methyl sites for hydroxylation is 1. The smallest absolute Gasteiger partial charge is 0.335 e. The van der Waals surface area contributed by atoms with E-state index >= 15 is 0 Å². The number of ether oxygens (including phenoxy) is 1. The quantitative estimate of drug-likeness (QED) is 0.771. The molecule has 0 aromatic heterocycles. The molecule has 1 heterocycles. The van der Waals surface area contributed by atoms with Crippen LogP contribution in [0.15, 0.2) is 18.2 Å². The van der Waals surface area contributed by atoms with Crippen LogP contribution in [0.1, 0.15) is 28.8 Å². The van der Waals surface area contributed by atoms with Gasteiger partial charge in [0, 0.05) is 18.9 Å². The zero-order valence-electron chi connectivity index (χ0n) is 11.0. The maximum absolute atomic E-state index is 10.9. The van der Waals surface area contributed by atoms with Gasteiger partial charge in [0.25, 0.3) is 0 Å². The van der Waals surface area contributed by atoms with E-state index in [-0.39, 0.29) is 17.7 Å². The first kappa shape index (κ1) is 13.8. The Morgan fingerprint density at radius 3 is 2.63 bits per heavy atom. The van der Waals surface area contributed by atoms with Crippen molar-refractivity contribution in [2.45, 2.75) is 25.3 Å². The molecule has 0 aliphatic carbocycles. The highest BCUT2D eigenvalue weighted by molar-refractivity contribution is 5.88. The van der Waals surface area contributed by atoms with E-state index in [0.29, 0.717) is 13.2 Å². The lowest BCUT2D eigenvalue weighted by molar-refractivity contribution is 0.0380. The van der Waals surface area contributed by atoms with Crippen molar-refractivity contribution in [3.05, 3.63) is 29.3 Å². The van der Waals surface area contributed by atoms with Crippen molar-refractivity contribution in [3.8, 4) is 0 Å². The number of aromatic carboxylic acids is 1. The first-order chi connectivity index (χ1) is 9.06. The molecule has 1 fully saturated rings. The second kappa shape index (κ2) is 5.59. The molecule has 3 N–H and O–H groups in total. The average molecular weight is 265 g/mol. The summed E-state index contributed by atoms with van der Waals surface area (Å²) in [4.78, 5) is 10.9. The number of benzene rings is 1. The van der Waals surface area contributed by atoms with Crippen molar-refractivity contribution in [1.82, 2.24) is 0 Å². The lowest BCUT2D eigenvalue weighted by atomic mass is 9.90. The van der Waals surface area contributed by atoms with Gasteiger partial charge in [0.15, 0.2) is 0 Å². The number of carboxylic acids is 1.